The Balaban J connectivity index is 1.37. The van der Waals surface area contributed by atoms with E-state index in [-0.39, 0.29) is 30.5 Å². The molecule has 1 saturated heterocycles. The van der Waals surface area contributed by atoms with Gasteiger partial charge >= 0.3 is 11.8 Å². The molecule has 0 bridgehead atoms. The molecular formula is C26H22N4O6. The van der Waals surface area contributed by atoms with Gasteiger partial charge in [0.2, 0.25) is 11.8 Å². The van der Waals surface area contributed by atoms with Gasteiger partial charge in [-0.15, -0.1) is 0 Å². The van der Waals surface area contributed by atoms with Crippen LogP contribution in [0.4, 0.5) is 5.69 Å². The molecule has 1 fully saturated rings. The van der Waals surface area contributed by atoms with Crippen LogP contribution in [0.15, 0.2) is 42.5 Å². The normalized spacial score (nSPS) is 16.6. The number of amides is 6. The predicted octanol–water partition coefficient (Wildman–Crippen LogP) is 0.757. The third-order valence-electron chi connectivity index (χ3n) is 5.86. The molecule has 10 nitrogen and oxygen atoms in total. The highest BCUT2D eigenvalue weighted by Gasteiger charge is 2.44. The second-order valence-electron chi connectivity index (χ2n) is 8.16. The van der Waals surface area contributed by atoms with Crippen molar-refractivity contribution in [3.05, 3.63) is 64.7 Å². The van der Waals surface area contributed by atoms with Crippen LogP contribution in [0.25, 0.3) is 0 Å². The SMILES string of the molecule is CCc1ccccc1NC(=O)C(=O)NCC#Cc1ccc2c(c1)C(=O)N(C1CCC(=O)NC1=O)C2=O. The minimum atomic E-state index is -1.05. The first kappa shape index (κ1) is 24.3. The van der Waals surface area contributed by atoms with Crippen LogP contribution in [0.5, 0.6) is 0 Å². The van der Waals surface area contributed by atoms with E-state index in [9.17, 15) is 28.8 Å². The minimum absolute atomic E-state index is 0.0371. The maximum atomic E-state index is 12.9. The van der Waals surface area contributed by atoms with E-state index in [4.69, 9.17) is 0 Å². The Labute approximate surface area is 206 Å². The zero-order valence-electron chi connectivity index (χ0n) is 19.3. The number of aryl methyl sites for hydroxylation is 1. The number of nitrogens with one attached hydrogen (secondary N) is 3. The summed E-state index contributed by atoms with van der Waals surface area (Å²) in [5.41, 5.74) is 2.13. The molecule has 0 saturated carbocycles. The number of hydrogen-bond donors (Lipinski definition) is 3. The number of carbonyl (C=O) groups is 6. The molecule has 10 heteroatoms. The molecule has 36 heavy (non-hydrogen) atoms. The molecule has 0 aromatic heterocycles. The highest BCUT2D eigenvalue weighted by Crippen LogP contribution is 2.28. The maximum Gasteiger partial charge on any atom is 0.313 e. The van der Waals surface area contributed by atoms with Gasteiger partial charge in [0, 0.05) is 17.7 Å². The van der Waals surface area contributed by atoms with Crippen molar-refractivity contribution in [1.82, 2.24) is 15.5 Å². The molecule has 2 aromatic carbocycles. The fourth-order valence-corrected chi connectivity index (χ4v) is 4.03. The molecule has 0 aliphatic carbocycles. The number of piperidine rings is 1. The molecule has 0 spiro atoms. The summed E-state index contributed by atoms with van der Waals surface area (Å²) in [6.07, 6.45) is 0.805. The van der Waals surface area contributed by atoms with Crippen molar-refractivity contribution < 1.29 is 28.8 Å². The van der Waals surface area contributed by atoms with Crippen LogP contribution >= 0.6 is 0 Å². The summed E-state index contributed by atoms with van der Waals surface area (Å²) in [5, 5.41) is 7.13. The van der Waals surface area contributed by atoms with Crippen LogP contribution in [-0.4, -0.2) is 52.9 Å². The van der Waals surface area contributed by atoms with Crippen LogP contribution in [0.1, 0.15) is 51.6 Å². The summed E-state index contributed by atoms with van der Waals surface area (Å²) in [6, 6.07) is 10.6. The zero-order chi connectivity index (χ0) is 25.8. The van der Waals surface area contributed by atoms with Gasteiger partial charge in [0.05, 0.1) is 17.7 Å². The molecule has 6 amide bonds. The first-order valence-electron chi connectivity index (χ1n) is 11.3. The molecule has 1 unspecified atom stereocenters. The van der Waals surface area contributed by atoms with Gasteiger partial charge in [-0.25, -0.2) is 0 Å². The van der Waals surface area contributed by atoms with Gasteiger partial charge in [0.1, 0.15) is 6.04 Å². The van der Waals surface area contributed by atoms with E-state index in [1.165, 1.54) is 12.1 Å². The lowest BCUT2D eigenvalue weighted by atomic mass is 10.0. The predicted molar refractivity (Wildman–Crippen MR) is 127 cm³/mol. The number of anilines is 1. The van der Waals surface area contributed by atoms with Gasteiger partial charge in [0.25, 0.3) is 11.8 Å². The Morgan fingerprint density at radius 1 is 1.03 bits per heavy atom. The molecule has 3 N–H and O–H groups in total. The van der Waals surface area contributed by atoms with Gasteiger partial charge in [-0.2, -0.15) is 0 Å². The van der Waals surface area contributed by atoms with Gasteiger partial charge in [-0.05, 0) is 42.7 Å². The average molecular weight is 486 g/mol. The Morgan fingerprint density at radius 3 is 2.53 bits per heavy atom. The van der Waals surface area contributed by atoms with Crippen LogP contribution < -0.4 is 16.0 Å². The van der Waals surface area contributed by atoms with Crippen molar-refractivity contribution in [3.63, 3.8) is 0 Å². The molecule has 2 heterocycles. The topological polar surface area (TPSA) is 142 Å². The molecule has 182 valence electrons. The van der Waals surface area contributed by atoms with Crippen LogP contribution in [0, 0.1) is 11.8 Å². The van der Waals surface area contributed by atoms with Crippen molar-refractivity contribution in [2.75, 3.05) is 11.9 Å². The Morgan fingerprint density at radius 2 is 1.78 bits per heavy atom. The number of imide groups is 2. The minimum Gasteiger partial charge on any atom is -0.337 e. The van der Waals surface area contributed by atoms with E-state index in [1.54, 1.807) is 18.2 Å². The highest BCUT2D eigenvalue weighted by molar-refractivity contribution is 6.39. The highest BCUT2D eigenvalue weighted by atomic mass is 16.2. The number of benzene rings is 2. The summed E-state index contributed by atoms with van der Waals surface area (Å²) < 4.78 is 0. The average Bonchev–Trinajstić information content (AvgIpc) is 3.11. The van der Waals surface area contributed by atoms with Crippen LogP contribution in [-0.2, 0) is 25.6 Å². The molecule has 2 aromatic rings. The molecular weight excluding hydrogens is 464 g/mol. The lowest BCUT2D eigenvalue weighted by Gasteiger charge is -2.27. The lowest BCUT2D eigenvalue weighted by molar-refractivity contribution is -0.136. The molecule has 2 aliphatic heterocycles. The standard InChI is InChI=1S/C26H22N4O6/c1-2-16-7-3-4-8-19(16)28-24(34)23(33)27-13-5-6-15-9-10-17-18(14-15)26(36)30(25(17)35)20-11-12-21(31)29-22(20)32/h3-4,7-10,14,20H,2,11-13H2,1H3,(H,27,33)(H,28,34)(H,29,31,32). The molecule has 0 radical (unpaired) electrons. The van der Waals surface area contributed by atoms with Crippen molar-refractivity contribution in [3.8, 4) is 11.8 Å². The summed E-state index contributed by atoms with van der Waals surface area (Å²) in [6.45, 7) is 1.82. The van der Waals surface area contributed by atoms with Crippen molar-refractivity contribution in [2.45, 2.75) is 32.2 Å². The van der Waals surface area contributed by atoms with Crippen molar-refractivity contribution >= 4 is 41.1 Å². The zero-order valence-corrected chi connectivity index (χ0v) is 19.3. The summed E-state index contributed by atoms with van der Waals surface area (Å²) >= 11 is 0. The Kier molecular flexibility index (Phi) is 6.92. The fourth-order valence-electron chi connectivity index (χ4n) is 4.03. The van der Waals surface area contributed by atoms with E-state index in [0.717, 1.165) is 10.5 Å². The molecule has 4 rings (SSSR count). The van der Waals surface area contributed by atoms with Crippen LogP contribution in [0.3, 0.4) is 0 Å². The maximum absolute atomic E-state index is 12.9. The number of fused-ring (bicyclic) bond motifs is 1. The number of para-hydroxylation sites is 1. The number of hydrogen-bond acceptors (Lipinski definition) is 6. The molecule has 1 atom stereocenters. The third-order valence-corrected chi connectivity index (χ3v) is 5.86. The second kappa shape index (κ2) is 10.2. The largest absolute Gasteiger partial charge is 0.337 e. The van der Waals surface area contributed by atoms with E-state index >= 15 is 0 Å². The summed E-state index contributed by atoms with van der Waals surface area (Å²) in [5.74, 6) is 1.46. The summed E-state index contributed by atoms with van der Waals surface area (Å²) in [4.78, 5) is 74.3. The van der Waals surface area contributed by atoms with Crippen molar-refractivity contribution in [2.24, 2.45) is 0 Å². The van der Waals surface area contributed by atoms with Gasteiger partial charge in [-0.1, -0.05) is 37.0 Å². The monoisotopic (exact) mass is 486 g/mol. The lowest BCUT2D eigenvalue weighted by Crippen LogP contribution is -2.54. The van der Waals surface area contributed by atoms with E-state index in [1.807, 2.05) is 19.1 Å². The van der Waals surface area contributed by atoms with E-state index in [2.05, 4.69) is 27.8 Å². The van der Waals surface area contributed by atoms with Crippen LogP contribution in [0.2, 0.25) is 0 Å². The van der Waals surface area contributed by atoms with E-state index in [0.29, 0.717) is 17.7 Å². The van der Waals surface area contributed by atoms with Gasteiger partial charge in [0.15, 0.2) is 0 Å². The fraction of sp³-hybridized carbons (Fsp3) is 0.231. The molecule has 2 aliphatic rings. The smallest absolute Gasteiger partial charge is 0.313 e. The Bertz CT molecular complexity index is 1370. The van der Waals surface area contributed by atoms with Crippen molar-refractivity contribution in [1.29, 1.82) is 0 Å². The number of carbonyl (C=O) groups excluding carboxylic acids is 6. The van der Waals surface area contributed by atoms with Gasteiger partial charge in [-0.3, -0.25) is 39.0 Å². The number of nitrogens with zero attached hydrogens (tertiary/aromatic N) is 1. The first-order chi connectivity index (χ1) is 17.3. The van der Waals surface area contributed by atoms with Gasteiger partial charge < -0.3 is 10.6 Å². The van der Waals surface area contributed by atoms with E-state index < -0.39 is 41.5 Å². The third kappa shape index (κ3) is 4.86. The second-order valence-corrected chi connectivity index (χ2v) is 8.16. The Hall–Kier alpha value is -4.78. The quantitative estimate of drug-likeness (QED) is 0.331. The summed E-state index contributed by atoms with van der Waals surface area (Å²) in [7, 11) is 0. The first-order valence-corrected chi connectivity index (χ1v) is 11.3. The number of rotatable bonds is 4.